The van der Waals surface area contributed by atoms with E-state index in [4.69, 9.17) is 0 Å². The third-order valence-electron chi connectivity index (χ3n) is 2.16. The molecule has 0 aromatic heterocycles. The van der Waals surface area contributed by atoms with Crippen molar-refractivity contribution in [3.05, 3.63) is 12.8 Å². The normalized spacial score (nSPS) is 10.5. The Labute approximate surface area is 86.7 Å². The van der Waals surface area contributed by atoms with E-state index in [1.807, 2.05) is 17.1 Å². The number of hydrazine groups is 1. The highest BCUT2D eigenvalue weighted by atomic mass is 16.2. The molecule has 0 N–H and O–H groups in total. The maximum absolute atomic E-state index is 11.4. The summed E-state index contributed by atoms with van der Waals surface area (Å²) >= 11 is 0. The Morgan fingerprint density at radius 1 is 1.36 bits per heavy atom. The van der Waals surface area contributed by atoms with E-state index in [1.165, 1.54) is 0 Å². The van der Waals surface area contributed by atoms with Crippen LogP contribution in [0.15, 0.2) is 12.8 Å². The van der Waals surface area contributed by atoms with Crippen LogP contribution in [0.1, 0.15) is 13.8 Å². The molecule has 0 bridgehead atoms. The predicted octanol–water partition coefficient (Wildman–Crippen LogP) is 0.775. The van der Waals surface area contributed by atoms with Crippen molar-refractivity contribution < 1.29 is 4.79 Å². The standard InChI is InChI=1S/C10H21N3O/c1-7-13(12(6)9(2)3)8-10(14)11(4)5/h7,9H,1,8H2,2-6H3. The number of likely N-dealkylation sites (N-methyl/N-ethyl adjacent to an activating group) is 1. The predicted molar refractivity (Wildman–Crippen MR) is 58.5 cm³/mol. The fourth-order valence-electron chi connectivity index (χ4n) is 0.882. The van der Waals surface area contributed by atoms with Gasteiger partial charge in [0.25, 0.3) is 0 Å². The summed E-state index contributed by atoms with van der Waals surface area (Å²) in [5.41, 5.74) is 0. The highest BCUT2D eigenvalue weighted by Crippen LogP contribution is 2.01. The Hall–Kier alpha value is -1.03. The minimum absolute atomic E-state index is 0.0670. The van der Waals surface area contributed by atoms with Gasteiger partial charge in [0.05, 0.1) is 0 Å². The van der Waals surface area contributed by atoms with Gasteiger partial charge in [-0.3, -0.25) is 4.79 Å². The molecule has 0 atom stereocenters. The van der Waals surface area contributed by atoms with Crippen LogP contribution in [0.25, 0.3) is 0 Å². The van der Waals surface area contributed by atoms with Crippen LogP contribution in [0.4, 0.5) is 0 Å². The monoisotopic (exact) mass is 199 g/mol. The van der Waals surface area contributed by atoms with E-state index in [9.17, 15) is 4.79 Å². The first kappa shape index (κ1) is 13.0. The molecule has 0 aliphatic heterocycles. The summed E-state index contributed by atoms with van der Waals surface area (Å²) < 4.78 is 0. The molecular weight excluding hydrogens is 178 g/mol. The number of hydrogen-bond donors (Lipinski definition) is 0. The Morgan fingerprint density at radius 3 is 2.14 bits per heavy atom. The van der Waals surface area contributed by atoms with E-state index in [2.05, 4.69) is 20.4 Å². The summed E-state index contributed by atoms with van der Waals surface area (Å²) in [5, 5.41) is 3.79. The molecule has 0 saturated carbocycles. The molecule has 14 heavy (non-hydrogen) atoms. The number of carbonyl (C=O) groups is 1. The van der Waals surface area contributed by atoms with Gasteiger partial charge in [-0.2, -0.15) is 0 Å². The van der Waals surface area contributed by atoms with Crippen molar-refractivity contribution in [3.63, 3.8) is 0 Å². The van der Waals surface area contributed by atoms with Crippen LogP contribution >= 0.6 is 0 Å². The topological polar surface area (TPSA) is 26.8 Å². The van der Waals surface area contributed by atoms with Crippen LogP contribution in [0, 0.1) is 0 Å². The highest BCUT2D eigenvalue weighted by Gasteiger charge is 2.14. The fraction of sp³-hybridized carbons (Fsp3) is 0.700. The number of nitrogens with zero attached hydrogens (tertiary/aromatic N) is 3. The van der Waals surface area contributed by atoms with Crippen molar-refractivity contribution in [1.82, 2.24) is 14.9 Å². The summed E-state index contributed by atoms with van der Waals surface area (Å²) in [5.74, 6) is 0.0670. The van der Waals surface area contributed by atoms with E-state index in [-0.39, 0.29) is 5.91 Å². The van der Waals surface area contributed by atoms with Crippen molar-refractivity contribution in [3.8, 4) is 0 Å². The lowest BCUT2D eigenvalue weighted by Gasteiger charge is -2.33. The molecule has 4 nitrogen and oxygen atoms in total. The lowest BCUT2D eigenvalue weighted by atomic mass is 10.4. The molecule has 0 heterocycles. The van der Waals surface area contributed by atoms with E-state index >= 15 is 0 Å². The van der Waals surface area contributed by atoms with Gasteiger partial charge in [-0.05, 0) is 13.8 Å². The quantitative estimate of drug-likeness (QED) is 0.612. The van der Waals surface area contributed by atoms with Gasteiger partial charge in [0.15, 0.2) is 0 Å². The molecule has 0 radical (unpaired) electrons. The van der Waals surface area contributed by atoms with Gasteiger partial charge < -0.3 is 9.91 Å². The largest absolute Gasteiger partial charge is 0.347 e. The van der Waals surface area contributed by atoms with E-state index in [0.29, 0.717) is 12.6 Å². The molecule has 0 unspecified atom stereocenters. The fourth-order valence-corrected chi connectivity index (χ4v) is 0.882. The Balaban J connectivity index is 4.29. The first-order chi connectivity index (χ1) is 6.40. The van der Waals surface area contributed by atoms with Crippen molar-refractivity contribution in [1.29, 1.82) is 0 Å². The lowest BCUT2D eigenvalue weighted by molar-refractivity contribution is -0.133. The average molecular weight is 199 g/mol. The van der Waals surface area contributed by atoms with E-state index in [1.54, 1.807) is 25.2 Å². The van der Waals surface area contributed by atoms with Crippen LogP contribution in [0.2, 0.25) is 0 Å². The van der Waals surface area contributed by atoms with Crippen LogP contribution in [0.5, 0.6) is 0 Å². The van der Waals surface area contributed by atoms with Crippen molar-refractivity contribution in [2.75, 3.05) is 27.7 Å². The zero-order chi connectivity index (χ0) is 11.3. The van der Waals surface area contributed by atoms with Gasteiger partial charge in [-0.25, -0.2) is 5.01 Å². The molecule has 0 aromatic rings. The molecule has 0 aliphatic carbocycles. The van der Waals surface area contributed by atoms with E-state index < -0.39 is 0 Å². The minimum Gasteiger partial charge on any atom is -0.347 e. The van der Waals surface area contributed by atoms with Crippen LogP contribution in [-0.2, 0) is 4.79 Å². The molecule has 0 rings (SSSR count). The number of amides is 1. The smallest absolute Gasteiger partial charge is 0.243 e. The van der Waals surface area contributed by atoms with Gasteiger partial charge in [-0.1, -0.05) is 6.58 Å². The van der Waals surface area contributed by atoms with Gasteiger partial charge in [0, 0.05) is 33.4 Å². The highest BCUT2D eigenvalue weighted by molar-refractivity contribution is 5.77. The second kappa shape index (κ2) is 5.65. The van der Waals surface area contributed by atoms with Gasteiger partial charge >= 0.3 is 0 Å². The maximum atomic E-state index is 11.4. The Kier molecular flexibility index (Phi) is 5.23. The van der Waals surface area contributed by atoms with Crippen LogP contribution in [0.3, 0.4) is 0 Å². The second-order valence-corrected chi connectivity index (χ2v) is 3.74. The van der Waals surface area contributed by atoms with E-state index in [0.717, 1.165) is 0 Å². The second-order valence-electron chi connectivity index (χ2n) is 3.74. The maximum Gasteiger partial charge on any atom is 0.243 e. The molecule has 82 valence electrons. The van der Waals surface area contributed by atoms with Gasteiger partial charge in [-0.15, -0.1) is 0 Å². The van der Waals surface area contributed by atoms with Gasteiger partial charge in [0.2, 0.25) is 5.91 Å². The zero-order valence-corrected chi connectivity index (χ0v) is 9.82. The lowest BCUT2D eigenvalue weighted by Crippen LogP contribution is -2.45. The summed E-state index contributed by atoms with van der Waals surface area (Å²) in [6, 6.07) is 0.350. The number of hydrogen-bond acceptors (Lipinski definition) is 3. The van der Waals surface area contributed by atoms with Crippen molar-refractivity contribution >= 4 is 5.91 Å². The molecule has 0 saturated heterocycles. The summed E-state index contributed by atoms with van der Waals surface area (Å²) in [6.45, 7) is 8.16. The average Bonchev–Trinajstić information content (AvgIpc) is 2.12. The summed E-state index contributed by atoms with van der Waals surface area (Å²) in [6.07, 6.45) is 1.67. The van der Waals surface area contributed by atoms with Gasteiger partial charge in [0.1, 0.15) is 6.54 Å². The molecular formula is C10H21N3O. The molecule has 0 spiro atoms. The molecule has 0 fully saturated rings. The molecule has 4 heteroatoms. The summed E-state index contributed by atoms with van der Waals surface area (Å²) in [7, 11) is 5.44. The first-order valence-electron chi connectivity index (χ1n) is 4.72. The third-order valence-corrected chi connectivity index (χ3v) is 2.16. The first-order valence-corrected chi connectivity index (χ1v) is 4.72. The van der Waals surface area contributed by atoms with Crippen LogP contribution in [-0.4, -0.2) is 54.6 Å². The number of rotatable bonds is 5. The Morgan fingerprint density at radius 2 is 1.86 bits per heavy atom. The number of carbonyl (C=O) groups excluding carboxylic acids is 1. The molecule has 1 amide bonds. The Bertz CT molecular complexity index is 202. The third kappa shape index (κ3) is 3.79. The van der Waals surface area contributed by atoms with Crippen molar-refractivity contribution in [2.45, 2.75) is 19.9 Å². The summed E-state index contributed by atoms with van der Waals surface area (Å²) in [4.78, 5) is 13.0. The molecule has 0 aliphatic rings. The molecule has 0 aromatic carbocycles. The van der Waals surface area contributed by atoms with Crippen molar-refractivity contribution in [2.24, 2.45) is 0 Å². The SMILES string of the molecule is C=CN(CC(=O)N(C)C)N(C)C(C)C. The van der Waals surface area contributed by atoms with Crippen LogP contribution < -0.4 is 0 Å². The zero-order valence-electron chi connectivity index (χ0n) is 9.82. The minimum atomic E-state index is 0.0670.